The standard InChI is InChI=1S/C21H21F2N3O3/c1-3-25(12-14-5-4-6-17(23)11-14)18(27)13-26-19(28)21(2,24-20(26)29)15-7-9-16(22)10-8-15/h4-11H,3,12-13H2,1-2H3,(H,24,29). The zero-order valence-electron chi connectivity index (χ0n) is 16.1. The number of benzene rings is 2. The smallest absolute Gasteiger partial charge is 0.325 e. The van der Waals surface area contributed by atoms with Crippen LogP contribution in [0.15, 0.2) is 48.5 Å². The highest BCUT2D eigenvalue weighted by atomic mass is 19.1. The van der Waals surface area contributed by atoms with Crippen molar-refractivity contribution >= 4 is 17.8 Å². The molecule has 1 saturated heterocycles. The summed E-state index contributed by atoms with van der Waals surface area (Å²) in [6, 6.07) is 10.4. The summed E-state index contributed by atoms with van der Waals surface area (Å²) in [6.45, 7) is 3.31. The molecule has 2 aromatic carbocycles. The van der Waals surface area contributed by atoms with Gasteiger partial charge in [-0.25, -0.2) is 13.6 Å². The van der Waals surface area contributed by atoms with Gasteiger partial charge in [-0.2, -0.15) is 0 Å². The fourth-order valence-electron chi connectivity index (χ4n) is 3.29. The number of halogens is 2. The summed E-state index contributed by atoms with van der Waals surface area (Å²) < 4.78 is 26.6. The summed E-state index contributed by atoms with van der Waals surface area (Å²) in [5.74, 6) is -1.90. The average Bonchev–Trinajstić information content (AvgIpc) is 2.90. The van der Waals surface area contributed by atoms with Crippen LogP contribution in [0.4, 0.5) is 13.6 Å². The zero-order chi connectivity index (χ0) is 21.2. The third-order valence-corrected chi connectivity index (χ3v) is 4.99. The molecule has 1 fully saturated rings. The summed E-state index contributed by atoms with van der Waals surface area (Å²) in [4.78, 5) is 40.3. The van der Waals surface area contributed by atoms with Gasteiger partial charge in [0.15, 0.2) is 0 Å². The lowest BCUT2D eigenvalue weighted by Gasteiger charge is -2.24. The van der Waals surface area contributed by atoms with E-state index in [1.807, 2.05) is 0 Å². The zero-order valence-corrected chi connectivity index (χ0v) is 16.1. The largest absolute Gasteiger partial charge is 0.337 e. The number of hydrogen-bond acceptors (Lipinski definition) is 3. The highest BCUT2D eigenvalue weighted by Gasteiger charge is 2.49. The summed E-state index contributed by atoms with van der Waals surface area (Å²) in [5.41, 5.74) is -0.363. The molecule has 3 rings (SSSR count). The van der Waals surface area contributed by atoms with Gasteiger partial charge in [-0.15, -0.1) is 0 Å². The van der Waals surface area contributed by atoms with Crippen molar-refractivity contribution in [3.8, 4) is 0 Å². The van der Waals surface area contributed by atoms with Gasteiger partial charge in [-0.3, -0.25) is 14.5 Å². The van der Waals surface area contributed by atoms with Crippen LogP contribution in [0.3, 0.4) is 0 Å². The van der Waals surface area contributed by atoms with Gasteiger partial charge in [-0.1, -0.05) is 24.3 Å². The molecule has 2 aromatic rings. The van der Waals surface area contributed by atoms with Crippen LogP contribution in [-0.4, -0.2) is 40.7 Å². The molecule has 0 radical (unpaired) electrons. The van der Waals surface area contributed by atoms with Crippen LogP contribution >= 0.6 is 0 Å². The number of urea groups is 1. The van der Waals surface area contributed by atoms with Crippen molar-refractivity contribution in [3.63, 3.8) is 0 Å². The predicted octanol–water partition coefficient (Wildman–Crippen LogP) is 2.78. The highest BCUT2D eigenvalue weighted by molar-refractivity contribution is 6.09. The molecule has 1 N–H and O–H groups in total. The second-order valence-corrected chi connectivity index (χ2v) is 6.99. The van der Waals surface area contributed by atoms with E-state index in [1.165, 1.54) is 48.2 Å². The van der Waals surface area contributed by atoms with E-state index < -0.39 is 41.6 Å². The molecule has 152 valence electrons. The molecule has 1 atom stereocenters. The maximum atomic E-state index is 13.4. The van der Waals surface area contributed by atoms with Crippen molar-refractivity contribution in [2.24, 2.45) is 0 Å². The van der Waals surface area contributed by atoms with Crippen LogP contribution in [0.5, 0.6) is 0 Å². The van der Waals surface area contributed by atoms with Crippen molar-refractivity contribution < 1.29 is 23.2 Å². The van der Waals surface area contributed by atoms with E-state index in [2.05, 4.69) is 5.32 Å². The third kappa shape index (κ3) is 4.11. The monoisotopic (exact) mass is 401 g/mol. The second-order valence-electron chi connectivity index (χ2n) is 6.99. The third-order valence-electron chi connectivity index (χ3n) is 4.99. The quantitative estimate of drug-likeness (QED) is 0.757. The van der Waals surface area contributed by atoms with Gasteiger partial charge in [0, 0.05) is 13.1 Å². The lowest BCUT2D eigenvalue weighted by molar-refractivity contribution is -0.139. The van der Waals surface area contributed by atoms with Crippen molar-refractivity contribution in [1.29, 1.82) is 0 Å². The minimum atomic E-state index is -1.38. The van der Waals surface area contributed by atoms with Gasteiger partial charge in [0.05, 0.1) is 0 Å². The van der Waals surface area contributed by atoms with Gasteiger partial charge in [0.1, 0.15) is 23.7 Å². The van der Waals surface area contributed by atoms with Crippen molar-refractivity contribution in [1.82, 2.24) is 15.1 Å². The Bertz CT molecular complexity index is 948. The van der Waals surface area contributed by atoms with Crippen LogP contribution in [0, 0.1) is 11.6 Å². The molecule has 0 spiro atoms. The van der Waals surface area contributed by atoms with E-state index in [0.29, 0.717) is 17.7 Å². The minimum Gasteiger partial charge on any atom is -0.337 e. The summed E-state index contributed by atoms with van der Waals surface area (Å²) in [5, 5.41) is 2.58. The van der Waals surface area contributed by atoms with Crippen molar-refractivity contribution in [2.45, 2.75) is 25.9 Å². The first-order chi connectivity index (χ1) is 13.7. The maximum Gasteiger partial charge on any atom is 0.325 e. The fraction of sp³-hybridized carbons (Fsp3) is 0.286. The lowest BCUT2D eigenvalue weighted by atomic mass is 9.92. The van der Waals surface area contributed by atoms with E-state index >= 15 is 0 Å². The first kappa shape index (κ1) is 20.4. The SMILES string of the molecule is CCN(Cc1cccc(F)c1)C(=O)CN1C(=O)NC(C)(c2ccc(F)cc2)C1=O. The molecule has 1 heterocycles. The molecule has 6 nitrogen and oxygen atoms in total. The Kier molecular flexibility index (Phi) is 5.63. The molecule has 0 bridgehead atoms. The molecule has 1 unspecified atom stereocenters. The van der Waals surface area contributed by atoms with Crippen LogP contribution in [0.2, 0.25) is 0 Å². The molecule has 0 aromatic heterocycles. The Morgan fingerprint density at radius 3 is 2.41 bits per heavy atom. The van der Waals surface area contributed by atoms with Gasteiger partial charge < -0.3 is 10.2 Å². The molecular formula is C21H21F2N3O3. The molecule has 8 heteroatoms. The average molecular weight is 401 g/mol. The minimum absolute atomic E-state index is 0.159. The molecule has 1 aliphatic rings. The number of nitrogens with zero attached hydrogens (tertiary/aromatic N) is 2. The fourth-order valence-corrected chi connectivity index (χ4v) is 3.29. The molecule has 0 saturated carbocycles. The number of imide groups is 1. The Hall–Kier alpha value is -3.29. The molecule has 1 aliphatic heterocycles. The predicted molar refractivity (Wildman–Crippen MR) is 101 cm³/mol. The normalized spacial score (nSPS) is 18.7. The first-order valence-electron chi connectivity index (χ1n) is 9.17. The first-order valence-corrected chi connectivity index (χ1v) is 9.17. The van der Waals surface area contributed by atoms with Crippen LogP contribution in [0.25, 0.3) is 0 Å². The van der Waals surface area contributed by atoms with E-state index in [-0.39, 0.29) is 6.54 Å². The van der Waals surface area contributed by atoms with E-state index in [1.54, 1.807) is 19.1 Å². The Morgan fingerprint density at radius 1 is 1.10 bits per heavy atom. The molecule has 4 amide bonds. The number of hydrogen-bond donors (Lipinski definition) is 1. The van der Waals surface area contributed by atoms with Gasteiger partial charge >= 0.3 is 6.03 Å². The molecule has 0 aliphatic carbocycles. The number of nitrogens with one attached hydrogen (secondary N) is 1. The van der Waals surface area contributed by atoms with E-state index in [4.69, 9.17) is 0 Å². The van der Waals surface area contributed by atoms with E-state index in [9.17, 15) is 23.2 Å². The van der Waals surface area contributed by atoms with Gasteiger partial charge in [0.2, 0.25) is 5.91 Å². The number of rotatable bonds is 6. The number of likely N-dealkylation sites (N-methyl/N-ethyl adjacent to an activating group) is 1. The van der Waals surface area contributed by atoms with Crippen LogP contribution < -0.4 is 5.32 Å². The Morgan fingerprint density at radius 2 is 1.79 bits per heavy atom. The van der Waals surface area contributed by atoms with Crippen molar-refractivity contribution in [2.75, 3.05) is 13.1 Å². The number of amides is 4. The van der Waals surface area contributed by atoms with Crippen molar-refractivity contribution in [3.05, 3.63) is 71.3 Å². The maximum absolute atomic E-state index is 13.4. The number of carbonyl (C=O) groups excluding carboxylic acids is 3. The summed E-state index contributed by atoms with van der Waals surface area (Å²) >= 11 is 0. The Balaban J connectivity index is 1.74. The van der Waals surface area contributed by atoms with E-state index in [0.717, 1.165) is 4.90 Å². The number of carbonyl (C=O) groups is 3. The lowest BCUT2D eigenvalue weighted by Crippen LogP contribution is -2.44. The van der Waals surface area contributed by atoms with Crippen LogP contribution in [-0.2, 0) is 21.7 Å². The van der Waals surface area contributed by atoms with Crippen LogP contribution in [0.1, 0.15) is 25.0 Å². The molecular weight excluding hydrogens is 380 g/mol. The second kappa shape index (κ2) is 7.98. The Labute approximate surface area is 167 Å². The molecule has 29 heavy (non-hydrogen) atoms. The highest BCUT2D eigenvalue weighted by Crippen LogP contribution is 2.29. The van der Waals surface area contributed by atoms with Gasteiger partial charge in [0.25, 0.3) is 5.91 Å². The summed E-state index contributed by atoms with van der Waals surface area (Å²) in [6.07, 6.45) is 0. The topological polar surface area (TPSA) is 69.7 Å². The summed E-state index contributed by atoms with van der Waals surface area (Å²) in [7, 11) is 0. The van der Waals surface area contributed by atoms with Gasteiger partial charge in [-0.05, 0) is 49.2 Å².